The first-order chi connectivity index (χ1) is 7.88. The van der Waals surface area contributed by atoms with Gasteiger partial charge in [-0.2, -0.15) is 4.98 Å². The Morgan fingerprint density at radius 1 is 1.41 bits per heavy atom. The number of methoxy groups -OCH3 is 1. The number of nitrogens with one attached hydrogen (secondary N) is 1. The van der Waals surface area contributed by atoms with Crippen LogP contribution in [0, 0.1) is 5.92 Å². The third-order valence-corrected chi connectivity index (χ3v) is 2.96. The largest absolute Gasteiger partial charge is 0.384 e. The van der Waals surface area contributed by atoms with Crippen LogP contribution in [-0.4, -0.2) is 36.9 Å². The molecule has 1 aliphatic heterocycles. The van der Waals surface area contributed by atoms with E-state index in [0.717, 1.165) is 37.6 Å². The van der Waals surface area contributed by atoms with Gasteiger partial charge >= 0.3 is 0 Å². The van der Waals surface area contributed by atoms with E-state index in [4.69, 9.17) is 9.26 Å². The van der Waals surface area contributed by atoms with Crippen LogP contribution in [0.4, 0.5) is 0 Å². The number of rotatable bonds is 5. The van der Waals surface area contributed by atoms with Crippen molar-refractivity contribution in [2.75, 3.05) is 26.8 Å². The minimum atomic E-state index is 0. The molecule has 0 bridgehead atoms. The van der Waals surface area contributed by atoms with Crippen molar-refractivity contribution in [3.63, 3.8) is 0 Å². The highest BCUT2D eigenvalue weighted by atomic mass is 35.5. The smallest absolute Gasteiger partial charge is 0.226 e. The fourth-order valence-electron chi connectivity index (χ4n) is 2.00. The second-order valence-corrected chi connectivity index (χ2v) is 4.24. The lowest BCUT2D eigenvalue weighted by atomic mass is 9.95. The van der Waals surface area contributed by atoms with Crippen molar-refractivity contribution in [1.82, 2.24) is 15.5 Å². The van der Waals surface area contributed by atoms with Crippen LogP contribution in [0.5, 0.6) is 0 Å². The van der Waals surface area contributed by atoms with E-state index in [1.807, 2.05) is 0 Å². The minimum absolute atomic E-state index is 0. The van der Waals surface area contributed by atoms with Crippen molar-refractivity contribution >= 4 is 12.4 Å². The molecule has 6 heteroatoms. The molecule has 0 aromatic carbocycles. The van der Waals surface area contributed by atoms with Gasteiger partial charge in [-0.3, -0.25) is 0 Å². The van der Waals surface area contributed by atoms with E-state index >= 15 is 0 Å². The highest BCUT2D eigenvalue weighted by Gasteiger charge is 2.17. The predicted molar refractivity (Wildman–Crippen MR) is 66.4 cm³/mol. The first-order valence-corrected chi connectivity index (χ1v) is 5.89. The molecule has 17 heavy (non-hydrogen) atoms. The van der Waals surface area contributed by atoms with Crippen LogP contribution < -0.4 is 5.32 Å². The fraction of sp³-hybridized carbons (Fsp3) is 0.818. The number of nitrogens with zero attached hydrogens (tertiary/aromatic N) is 2. The Labute approximate surface area is 108 Å². The molecule has 2 rings (SSSR count). The summed E-state index contributed by atoms with van der Waals surface area (Å²) < 4.78 is 10.2. The molecule has 0 aliphatic carbocycles. The van der Waals surface area contributed by atoms with Gasteiger partial charge in [0.1, 0.15) is 0 Å². The van der Waals surface area contributed by atoms with Gasteiger partial charge in [-0.05, 0) is 31.8 Å². The molecule has 1 N–H and O–H groups in total. The van der Waals surface area contributed by atoms with Crippen LogP contribution >= 0.6 is 12.4 Å². The van der Waals surface area contributed by atoms with Crippen molar-refractivity contribution in [3.8, 4) is 0 Å². The van der Waals surface area contributed by atoms with Gasteiger partial charge in [0.15, 0.2) is 5.82 Å². The zero-order valence-electron chi connectivity index (χ0n) is 10.1. The standard InChI is InChI=1S/C11H19N3O2.ClH/c1-15-7-4-10-13-11(16-14-10)8-9-2-5-12-6-3-9;/h9,12H,2-8H2,1H3;1H. The third kappa shape index (κ3) is 4.61. The molecule has 0 atom stereocenters. The number of piperidine rings is 1. The average molecular weight is 262 g/mol. The van der Waals surface area contributed by atoms with E-state index in [1.54, 1.807) is 7.11 Å². The lowest BCUT2D eigenvalue weighted by Gasteiger charge is -2.20. The molecule has 0 spiro atoms. The Morgan fingerprint density at radius 2 is 2.18 bits per heavy atom. The SMILES string of the molecule is COCCc1noc(CC2CCNCC2)n1.Cl. The van der Waals surface area contributed by atoms with Gasteiger partial charge in [0.25, 0.3) is 0 Å². The van der Waals surface area contributed by atoms with Crippen LogP contribution in [-0.2, 0) is 17.6 Å². The molecule has 0 radical (unpaired) electrons. The zero-order chi connectivity index (χ0) is 11.2. The van der Waals surface area contributed by atoms with Crippen molar-refractivity contribution in [1.29, 1.82) is 0 Å². The van der Waals surface area contributed by atoms with Gasteiger partial charge in [0.05, 0.1) is 6.61 Å². The molecule has 0 unspecified atom stereocenters. The van der Waals surface area contributed by atoms with E-state index < -0.39 is 0 Å². The highest BCUT2D eigenvalue weighted by molar-refractivity contribution is 5.85. The number of ether oxygens (including phenoxy) is 1. The van der Waals surface area contributed by atoms with Gasteiger partial charge in [-0.25, -0.2) is 0 Å². The van der Waals surface area contributed by atoms with E-state index in [9.17, 15) is 0 Å². The Bertz CT molecular complexity index is 313. The lowest BCUT2D eigenvalue weighted by molar-refractivity contribution is 0.199. The second kappa shape index (κ2) is 7.63. The predicted octanol–water partition coefficient (Wildman–Crippen LogP) is 1.22. The quantitative estimate of drug-likeness (QED) is 0.864. The summed E-state index contributed by atoms with van der Waals surface area (Å²) in [5.74, 6) is 2.22. The van der Waals surface area contributed by atoms with Gasteiger partial charge in [0.2, 0.25) is 5.89 Å². The van der Waals surface area contributed by atoms with E-state index in [1.165, 1.54) is 12.8 Å². The minimum Gasteiger partial charge on any atom is -0.384 e. The molecule has 0 amide bonds. The summed E-state index contributed by atoms with van der Waals surface area (Å²) in [6, 6.07) is 0. The van der Waals surface area contributed by atoms with Gasteiger partial charge in [-0.1, -0.05) is 5.16 Å². The average Bonchev–Trinajstić information content (AvgIpc) is 2.75. The summed E-state index contributed by atoms with van der Waals surface area (Å²) in [6.07, 6.45) is 4.06. The van der Waals surface area contributed by atoms with Gasteiger partial charge in [-0.15, -0.1) is 12.4 Å². The monoisotopic (exact) mass is 261 g/mol. The summed E-state index contributed by atoms with van der Waals surface area (Å²) in [4.78, 5) is 4.36. The number of hydrogen-bond donors (Lipinski definition) is 1. The summed E-state index contributed by atoms with van der Waals surface area (Å²) in [5.41, 5.74) is 0. The molecular formula is C11H20ClN3O2. The van der Waals surface area contributed by atoms with E-state index in [2.05, 4.69) is 15.5 Å². The molecule has 1 aromatic rings. The van der Waals surface area contributed by atoms with Gasteiger partial charge < -0.3 is 14.6 Å². The fourth-order valence-corrected chi connectivity index (χ4v) is 2.00. The number of aromatic nitrogens is 2. The summed E-state index contributed by atoms with van der Waals surface area (Å²) in [5, 5.41) is 7.29. The van der Waals surface area contributed by atoms with Crippen molar-refractivity contribution in [2.24, 2.45) is 5.92 Å². The van der Waals surface area contributed by atoms with E-state index in [-0.39, 0.29) is 12.4 Å². The molecule has 1 aromatic heterocycles. The molecular weight excluding hydrogens is 242 g/mol. The summed E-state index contributed by atoms with van der Waals surface area (Å²) in [7, 11) is 1.68. The van der Waals surface area contributed by atoms with Crippen LogP contribution in [0.25, 0.3) is 0 Å². The van der Waals surface area contributed by atoms with Crippen molar-refractivity contribution < 1.29 is 9.26 Å². The maximum absolute atomic E-state index is 5.23. The summed E-state index contributed by atoms with van der Waals surface area (Å²) in [6.45, 7) is 2.86. The normalized spacial score (nSPS) is 16.8. The molecule has 2 heterocycles. The third-order valence-electron chi connectivity index (χ3n) is 2.96. The molecule has 1 aliphatic rings. The van der Waals surface area contributed by atoms with Crippen LogP contribution in [0.1, 0.15) is 24.6 Å². The second-order valence-electron chi connectivity index (χ2n) is 4.24. The summed E-state index contributed by atoms with van der Waals surface area (Å²) >= 11 is 0. The number of hydrogen-bond acceptors (Lipinski definition) is 5. The first kappa shape index (κ1) is 14.4. The number of halogens is 1. The van der Waals surface area contributed by atoms with Crippen molar-refractivity contribution in [3.05, 3.63) is 11.7 Å². The molecule has 1 saturated heterocycles. The molecule has 5 nitrogen and oxygen atoms in total. The van der Waals surface area contributed by atoms with Crippen LogP contribution in [0.15, 0.2) is 4.52 Å². The van der Waals surface area contributed by atoms with Crippen LogP contribution in [0.3, 0.4) is 0 Å². The molecule has 98 valence electrons. The van der Waals surface area contributed by atoms with E-state index in [0.29, 0.717) is 12.5 Å². The van der Waals surface area contributed by atoms with Crippen LogP contribution in [0.2, 0.25) is 0 Å². The topological polar surface area (TPSA) is 60.2 Å². The Kier molecular flexibility index (Phi) is 6.47. The van der Waals surface area contributed by atoms with Crippen molar-refractivity contribution in [2.45, 2.75) is 25.7 Å². The molecule has 1 fully saturated rings. The lowest BCUT2D eigenvalue weighted by Crippen LogP contribution is -2.28. The first-order valence-electron chi connectivity index (χ1n) is 5.89. The maximum atomic E-state index is 5.23. The Morgan fingerprint density at radius 3 is 2.88 bits per heavy atom. The van der Waals surface area contributed by atoms with Gasteiger partial charge in [0, 0.05) is 20.0 Å². The highest BCUT2D eigenvalue weighted by Crippen LogP contribution is 2.16. The molecule has 0 saturated carbocycles. The zero-order valence-corrected chi connectivity index (χ0v) is 11.0. The Balaban J connectivity index is 0.00000144. The Hall–Kier alpha value is -0.650. The maximum Gasteiger partial charge on any atom is 0.226 e.